The van der Waals surface area contributed by atoms with Gasteiger partial charge in [-0.2, -0.15) is 4.98 Å². The van der Waals surface area contributed by atoms with Crippen molar-refractivity contribution in [2.45, 2.75) is 31.3 Å². The molecule has 1 aromatic heterocycles. The Morgan fingerprint density at radius 3 is 2.95 bits per heavy atom. The number of rotatable bonds is 4. The van der Waals surface area contributed by atoms with Gasteiger partial charge in [-0.1, -0.05) is 24.3 Å². The van der Waals surface area contributed by atoms with Crippen molar-refractivity contribution < 1.29 is 5.11 Å². The number of aliphatic hydroxyl groups is 1. The van der Waals surface area contributed by atoms with Gasteiger partial charge in [0.1, 0.15) is 5.82 Å². The van der Waals surface area contributed by atoms with Gasteiger partial charge in [0.05, 0.1) is 12.6 Å². The first-order valence-corrected chi connectivity index (χ1v) is 7.82. The van der Waals surface area contributed by atoms with Crippen molar-refractivity contribution >= 4 is 11.8 Å². The molecule has 1 aliphatic heterocycles. The molecule has 1 aliphatic carbocycles. The summed E-state index contributed by atoms with van der Waals surface area (Å²) in [7, 11) is 0. The van der Waals surface area contributed by atoms with E-state index in [0.29, 0.717) is 17.9 Å². The minimum absolute atomic E-state index is 0.0500. The van der Waals surface area contributed by atoms with Crippen LogP contribution in [0.4, 0.5) is 11.8 Å². The second-order valence-corrected chi connectivity index (χ2v) is 6.20. The fourth-order valence-corrected chi connectivity index (χ4v) is 3.64. The van der Waals surface area contributed by atoms with Gasteiger partial charge < -0.3 is 15.3 Å². The fraction of sp³-hybridized carbons (Fsp3) is 0.412. The minimum Gasteiger partial charge on any atom is -0.394 e. The highest BCUT2D eigenvalue weighted by atomic mass is 16.3. The van der Waals surface area contributed by atoms with E-state index in [1.54, 1.807) is 6.20 Å². The highest BCUT2D eigenvalue weighted by Crippen LogP contribution is 2.51. The largest absolute Gasteiger partial charge is 0.394 e. The number of hydrogen-bond acceptors (Lipinski definition) is 5. The number of anilines is 2. The van der Waals surface area contributed by atoms with Crippen LogP contribution in [0.25, 0.3) is 0 Å². The average Bonchev–Trinajstić information content (AvgIpc) is 3.14. The summed E-state index contributed by atoms with van der Waals surface area (Å²) in [6, 6.07) is 11.1. The van der Waals surface area contributed by atoms with Gasteiger partial charge in [0.2, 0.25) is 5.95 Å². The lowest BCUT2D eigenvalue weighted by Crippen LogP contribution is -2.28. The topological polar surface area (TPSA) is 61.3 Å². The van der Waals surface area contributed by atoms with Crippen LogP contribution in [0.1, 0.15) is 36.4 Å². The predicted octanol–water partition coefficient (Wildman–Crippen LogP) is 2.32. The van der Waals surface area contributed by atoms with E-state index < -0.39 is 0 Å². The van der Waals surface area contributed by atoms with Gasteiger partial charge >= 0.3 is 0 Å². The third kappa shape index (κ3) is 2.13. The van der Waals surface area contributed by atoms with E-state index in [2.05, 4.69) is 44.5 Å². The van der Waals surface area contributed by atoms with Gasteiger partial charge in [-0.05, 0) is 30.5 Å². The second kappa shape index (κ2) is 5.25. The second-order valence-electron chi connectivity index (χ2n) is 6.20. The Bertz CT molecular complexity index is 690. The van der Waals surface area contributed by atoms with Crippen molar-refractivity contribution in [2.24, 2.45) is 0 Å². The van der Waals surface area contributed by atoms with Gasteiger partial charge in [-0.15, -0.1) is 0 Å². The molecule has 5 heteroatoms. The lowest BCUT2D eigenvalue weighted by Gasteiger charge is -2.30. The molecule has 2 N–H and O–H groups in total. The van der Waals surface area contributed by atoms with E-state index in [9.17, 15) is 0 Å². The number of benzene rings is 1. The zero-order valence-corrected chi connectivity index (χ0v) is 12.6. The molecule has 0 amide bonds. The summed E-state index contributed by atoms with van der Waals surface area (Å²) < 4.78 is 0. The molecular formula is C17H20N4O. The fourth-order valence-electron chi connectivity index (χ4n) is 3.64. The van der Waals surface area contributed by atoms with Crippen LogP contribution in [-0.2, 0) is 0 Å². The van der Waals surface area contributed by atoms with Crippen molar-refractivity contribution in [1.82, 2.24) is 9.97 Å². The summed E-state index contributed by atoms with van der Waals surface area (Å²) in [5.74, 6) is 2.16. The van der Waals surface area contributed by atoms with E-state index >= 15 is 0 Å². The number of hydrogen-bond donors (Lipinski definition) is 2. The Hall–Kier alpha value is -2.14. The molecule has 2 aromatic rings. The molecule has 2 heterocycles. The van der Waals surface area contributed by atoms with Gasteiger partial charge in [-0.3, -0.25) is 0 Å². The molecule has 0 saturated carbocycles. The number of aromatic nitrogens is 2. The summed E-state index contributed by atoms with van der Waals surface area (Å²) in [5, 5.41) is 12.3. The lowest BCUT2D eigenvalue weighted by molar-refractivity contribution is 0.281. The number of fused-ring (bicyclic) bond motifs is 5. The first kappa shape index (κ1) is 13.5. The zero-order valence-electron chi connectivity index (χ0n) is 12.6. The van der Waals surface area contributed by atoms with Crippen LogP contribution in [0.2, 0.25) is 0 Å². The van der Waals surface area contributed by atoms with Crippen molar-refractivity contribution in [3.05, 3.63) is 47.7 Å². The normalized spacial score (nSPS) is 23.5. The van der Waals surface area contributed by atoms with Crippen molar-refractivity contribution in [3.8, 4) is 0 Å². The maximum atomic E-state index is 9.14. The van der Waals surface area contributed by atoms with Crippen molar-refractivity contribution in [1.29, 1.82) is 0 Å². The molecule has 2 aliphatic rings. The average molecular weight is 296 g/mol. The SMILES string of the molecule is C[C@@H](CO)Nc1nccc(N2C[C@H]3C[C@H]2c2ccccc23)n1. The van der Waals surface area contributed by atoms with Crippen LogP contribution >= 0.6 is 0 Å². The molecule has 22 heavy (non-hydrogen) atoms. The maximum Gasteiger partial charge on any atom is 0.224 e. The van der Waals surface area contributed by atoms with Crippen LogP contribution in [0.5, 0.6) is 0 Å². The lowest BCUT2D eigenvalue weighted by atomic mass is 9.99. The minimum atomic E-state index is -0.0500. The Morgan fingerprint density at radius 1 is 1.32 bits per heavy atom. The molecule has 1 saturated heterocycles. The highest BCUT2D eigenvalue weighted by Gasteiger charge is 2.42. The highest BCUT2D eigenvalue weighted by molar-refractivity contribution is 5.54. The Kier molecular flexibility index (Phi) is 3.22. The monoisotopic (exact) mass is 296 g/mol. The molecule has 0 unspecified atom stereocenters. The Labute approximate surface area is 130 Å². The van der Waals surface area contributed by atoms with Gasteiger partial charge in [-0.25, -0.2) is 4.98 Å². The van der Waals surface area contributed by atoms with Crippen LogP contribution in [0, 0.1) is 0 Å². The molecule has 1 aromatic carbocycles. The Balaban J connectivity index is 1.61. The molecular weight excluding hydrogens is 276 g/mol. The molecule has 2 bridgehead atoms. The molecule has 0 spiro atoms. The number of nitrogens with one attached hydrogen (secondary N) is 1. The van der Waals surface area contributed by atoms with E-state index in [4.69, 9.17) is 5.11 Å². The quantitative estimate of drug-likeness (QED) is 0.906. The molecule has 4 rings (SSSR count). The summed E-state index contributed by atoms with van der Waals surface area (Å²) in [4.78, 5) is 11.3. The van der Waals surface area contributed by atoms with Gasteiger partial charge in [0.25, 0.3) is 0 Å². The summed E-state index contributed by atoms with van der Waals surface area (Å²) in [6.45, 7) is 2.99. The molecule has 114 valence electrons. The van der Waals surface area contributed by atoms with Gasteiger partial charge in [0, 0.05) is 24.7 Å². The summed E-state index contributed by atoms with van der Waals surface area (Å²) in [6.07, 6.45) is 2.96. The van der Waals surface area contributed by atoms with Crippen LogP contribution < -0.4 is 10.2 Å². The van der Waals surface area contributed by atoms with Crippen molar-refractivity contribution in [3.63, 3.8) is 0 Å². The van der Waals surface area contributed by atoms with Gasteiger partial charge in [0.15, 0.2) is 0 Å². The van der Waals surface area contributed by atoms with Crippen LogP contribution in [0.3, 0.4) is 0 Å². The predicted molar refractivity (Wildman–Crippen MR) is 86.1 cm³/mol. The van der Waals surface area contributed by atoms with Crippen LogP contribution in [0.15, 0.2) is 36.5 Å². The van der Waals surface area contributed by atoms with Crippen molar-refractivity contribution in [2.75, 3.05) is 23.4 Å². The molecule has 5 nitrogen and oxygen atoms in total. The van der Waals surface area contributed by atoms with E-state index in [1.165, 1.54) is 17.5 Å². The zero-order chi connectivity index (χ0) is 15.1. The third-order valence-electron chi connectivity index (χ3n) is 4.68. The first-order valence-electron chi connectivity index (χ1n) is 7.82. The first-order chi connectivity index (χ1) is 10.8. The number of nitrogens with zero attached hydrogens (tertiary/aromatic N) is 3. The smallest absolute Gasteiger partial charge is 0.224 e. The molecule has 1 fully saturated rings. The molecule has 3 atom stereocenters. The third-order valence-corrected chi connectivity index (χ3v) is 4.68. The summed E-state index contributed by atoms with van der Waals surface area (Å²) >= 11 is 0. The maximum absolute atomic E-state index is 9.14. The van der Waals surface area contributed by atoms with Crippen LogP contribution in [-0.4, -0.2) is 34.3 Å². The standard InChI is InChI=1S/C17H20N4O/c1-11(10-22)19-17-18-7-6-16(20-17)21-9-12-8-15(21)14-5-3-2-4-13(12)14/h2-7,11-12,15,22H,8-10H2,1H3,(H,18,19,20)/t11-,12+,15-/m0/s1. The van der Waals surface area contributed by atoms with E-state index in [-0.39, 0.29) is 12.6 Å². The van der Waals surface area contributed by atoms with E-state index in [1.807, 2.05) is 13.0 Å². The summed E-state index contributed by atoms with van der Waals surface area (Å²) in [5.41, 5.74) is 2.95. The van der Waals surface area contributed by atoms with E-state index in [0.717, 1.165) is 12.4 Å². The Morgan fingerprint density at radius 2 is 2.14 bits per heavy atom. The number of aliphatic hydroxyl groups excluding tert-OH is 1. The molecule has 0 radical (unpaired) electrons.